The number of hydrazone groups is 1. The largest absolute Gasteiger partial charge is 0.273 e. The predicted molar refractivity (Wildman–Crippen MR) is 89.5 cm³/mol. The van der Waals surface area contributed by atoms with Gasteiger partial charge in [0.15, 0.2) is 0 Å². The maximum Gasteiger partial charge on any atom is 0.240 e. The molecule has 2 fully saturated rings. The van der Waals surface area contributed by atoms with Gasteiger partial charge in [-0.3, -0.25) is 4.79 Å². The molecule has 0 aliphatic heterocycles. The van der Waals surface area contributed by atoms with E-state index in [4.69, 9.17) is 0 Å². The van der Waals surface area contributed by atoms with Crippen LogP contribution in [0.2, 0.25) is 0 Å². The molecule has 0 heterocycles. The minimum atomic E-state index is -0.253. The van der Waals surface area contributed by atoms with Crippen LogP contribution >= 0.6 is 0 Å². The molecule has 2 saturated carbocycles. The van der Waals surface area contributed by atoms with Crippen molar-refractivity contribution in [2.45, 2.75) is 52.9 Å². The zero-order valence-corrected chi connectivity index (χ0v) is 14.2. The second kappa shape index (κ2) is 5.73. The molecule has 2 atom stereocenters. The second-order valence-corrected chi connectivity index (χ2v) is 7.71. The van der Waals surface area contributed by atoms with E-state index in [1.54, 1.807) is 12.1 Å². The maximum atomic E-state index is 12.9. The molecule has 2 bridgehead atoms. The van der Waals surface area contributed by atoms with Crippen LogP contribution in [-0.2, 0) is 11.2 Å². The lowest BCUT2D eigenvalue weighted by Gasteiger charge is -2.34. The standard InChI is InChI=1S/C19H25FN2O/c1-18(2)14-10-11-19(18,3)16(12-14)21-22-17(23)9-6-13-4-7-15(20)8-5-13/h4-5,7-8,14H,6,9-12H2,1-3H3,(H,22,23)/b21-16+/t14-,19+/m1/s1. The molecule has 23 heavy (non-hydrogen) atoms. The van der Waals surface area contributed by atoms with Gasteiger partial charge >= 0.3 is 0 Å². The Kier molecular flexibility index (Phi) is 4.03. The summed E-state index contributed by atoms with van der Waals surface area (Å²) in [6.45, 7) is 6.93. The summed E-state index contributed by atoms with van der Waals surface area (Å²) in [5, 5.41) is 4.46. The molecule has 1 aromatic rings. The van der Waals surface area contributed by atoms with Crippen molar-refractivity contribution in [2.75, 3.05) is 0 Å². The Morgan fingerprint density at radius 1 is 1.30 bits per heavy atom. The first-order valence-electron chi connectivity index (χ1n) is 8.43. The molecule has 0 aromatic heterocycles. The average molecular weight is 316 g/mol. The fourth-order valence-corrected chi connectivity index (χ4v) is 4.19. The predicted octanol–water partition coefficient (Wildman–Crippen LogP) is 4.08. The quantitative estimate of drug-likeness (QED) is 0.836. The minimum Gasteiger partial charge on any atom is -0.273 e. The van der Waals surface area contributed by atoms with Gasteiger partial charge in [0.1, 0.15) is 5.82 Å². The highest BCUT2D eigenvalue weighted by atomic mass is 19.1. The van der Waals surface area contributed by atoms with Crippen molar-refractivity contribution in [3.05, 3.63) is 35.6 Å². The molecule has 1 N–H and O–H groups in total. The van der Waals surface area contributed by atoms with Crippen LogP contribution in [0.4, 0.5) is 4.39 Å². The van der Waals surface area contributed by atoms with E-state index < -0.39 is 0 Å². The van der Waals surface area contributed by atoms with Crippen LogP contribution in [0, 0.1) is 22.6 Å². The molecule has 3 rings (SSSR count). The lowest BCUT2D eigenvalue weighted by atomic mass is 9.70. The minimum absolute atomic E-state index is 0.0778. The average Bonchev–Trinajstić information content (AvgIpc) is 2.85. The number of rotatable bonds is 4. The number of carbonyl (C=O) groups excluding carboxylic acids is 1. The van der Waals surface area contributed by atoms with Crippen LogP contribution in [0.25, 0.3) is 0 Å². The molecule has 4 heteroatoms. The number of amides is 1. The van der Waals surface area contributed by atoms with Crippen molar-refractivity contribution >= 4 is 11.6 Å². The van der Waals surface area contributed by atoms with E-state index in [0.717, 1.165) is 24.1 Å². The molecular weight excluding hydrogens is 291 g/mol. The number of halogens is 1. The first kappa shape index (κ1) is 16.2. The van der Waals surface area contributed by atoms with Crippen molar-refractivity contribution in [2.24, 2.45) is 21.8 Å². The molecule has 0 spiro atoms. The highest BCUT2D eigenvalue weighted by Gasteiger charge is 2.59. The zero-order valence-electron chi connectivity index (χ0n) is 14.2. The number of carbonyl (C=O) groups is 1. The van der Waals surface area contributed by atoms with Crippen molar-refractivity contribution < 1.29 is 9.18 Å². The van der Waals surface area contributed by atoms with Gasteiger partial charge in [-0.2, -0.15) is 5.10 Å². The van der Waals surface area contributed by atoms with E-state index in [1.807, 2.05) is 0 Å². The van der Waals surface area contributed by atoms with E-state index in [9.17, 15) is 9.18 Å². The molecule has 3 nitrogen and oxygen atoms in total. The van der Waals surface area contributed by atoms with Gasteiger partial charge in [-0.25, -0.2) is 9.82 Å². The van der Waals surface area contributed by atoms with Crippen LogP contribution < -0.4 is 5.43 Å². The summed E-state index contributed by atoms with van der Waals surface area (Å²) in [6.07, 6.45) is 4.39. The van der Waals surface area contributed by atoms with Crippen molar-refractivity contribution in [3.63, 3.8) is 0 Å². The number of hydrogen-bond acceptors (Lipinski definition) is 2. The summed E-state index contributed by atoms with van der Waals surface area (Å²) >= 11 is 0. The van der Waals surface area contributed by atoms with Crippen LogP contribution in [0.15, 0.2) is 29.4 Å². The fraction of sp³-hybridized carbons (Fsp3) is 0.579. The van der Waals surface area contributed by atoms with Gasteiger partial charge in [-0.1, -0.05) is 32.9 Å². The van der Waals surface area contributed by atoms with E-state index in [0.29, 0.717) is 18.8 Å². The lowest BCUT2D eigenvalue weighted by molar-refractivity contribution is -0.121. The monoisotopic (exact) mass is 316 g/mol. The van der Waals surface area contributed by atoms with Crippen molar-refractivity contribution in [3.8, 4) is 0 Å². The van der Waals surface area contributed by atoms with Gasteiger partial charge < -0.3 is 0 Å². The Labute approximate surface area is 137 Å². The number of fused-ring (bicyclic) bond motifs is 2. The van der Waals surface area contributed by atoms with Crippen molar-refractivity contribution in [1.82, 2.24) is 5.43 Å². The third-order valence-electron chi connectivity index (χ3n) is 6.38. The Morgan fingerprint density at radius 2 is 2.00 bits per heavy atom. The molecular formula is C19H25FN2O. The molecule has 2 aliphatic carbocycles. The van der Waals surface area contributed by atoms with Crippen LogP contribution in [0.1, 0.15) is 52.0 Å². The maximum absolute atomic E-state index is 12.9. The highest BCUT2D eigenvalue weighted by Crippen LogP contribution is 2.63. The molecule has 124 valence electrons. The van der Waals surface area contributed by atoms with Gasteiger partial charge in [0.2, 0.25) is 5.91 Å². The number of nitrogens with one attached hydrogen (secondary N) is 1. The van der Waals surface area contributed by atoms with E-state index in [1.165, 1.54) is 18.6 Å². The van der Waals surface area contributed by atoms with E-state index in [-0.39, 0.29) is 22.6 Å². The van der Waals surface area contributed by atoms with Gasteiger partial charge in [0.25, 0.3) is 0 Å². The molecule has 2 aliphatic rings. The highest BCUT2D eigenvalue weighted by molar-refractivity contribution is 5.95. The second-order valence-electron chi connectivity index (χ2n) is 7.71. The number of hydrogen-bond donors (Lipinski definition) is 1. The van der Waals surface area contributed by atoms with Crippen LogP contribution in [0.3, 0.4) is 0 Å². The molecule has 1 amide bonds. The molecule has 0 unspecified atom stereocenters. The topological polar surface area (TPSA) is 41.5 Å². The van der Waals surface area contributed by atoms with Gasteiger partial charge in [0, 0.05) is 17.5 Å². The summed E-state index contributed by atoms with van der Waals surface area (Å²) in [7, 11) is 0. The third-order valence-corrected chi connectivity index (χ3v) is 6.38. The number of aryl methyl sites for hydroxylation is 1. The smallest absolute Gasteiger partial charge is 0.240 e. The Bertz CT molecular complexity index is 635. The fourth-order valence-electron chi connectivity index (χ4n) is 4.19. The van der Waals surface area contributed by atoms with E-state index in [2.05, 4.69) is 31.3 Å². The first-order valence-corrected chi connectivity index (χ1v) is 8.43. The normalized spacial score (nSPS) is 29.9. The summed E-state index contributed by atoms with van der Waals surface area (Å²) in [5.74, 6) is 0.352. The Hall–Kier alpha value is -1.71. The summed E-state index contributed by atoms with van der Waals surface area (Å²) in [4.78, 5) is 12.0. The van der Waals surface area contributed by atoms with Crippen LogP contribution in [-0.4, -0.2) is 11.6 Å². The Morgan fingerprint density at radius 3 is 2.57 bits per heavy atom. The molecule has 0 saturated heterocycles. The third kappa shape index (κ3) is 2.79. The Balaban J connectivity index is 1.56. The van der Waals surface area contributed by atoms with Gasteiger partial charge in [-0.05, 0) is 54.7 Å². The van der Waals surface area contributed by atoms with E-state index >= 15 is 0 Å². The number of nitrogens with zero attached hydrogens (tertiary/aromatic N) is 1. The summed E-state index contributed by atoms with van der Waals surface area (Å²) < 4.78 is 12.9. The first-order chi connectivity index (χ1) is 10.8. The molecule has 1 aromatic carbocycles. The molecule has 0 radical (unpaired) electrons. The van der Waals surface area contributed by atoms with Gasteiger partial charge in [0.05, 0.1) is 0 Å². The van der Waals surface area contributed by atoms with Crippen LogP contribution in [0.5, 0.6) is 0 Å². The number of benzene rings is 1. The lowest BCUT2D eigenvalue weighted by Crippen LogP contribution is -2.34. The zero-order chi connectivity index (χ0) is 16.7. The summed E-state index contributed by atoms with van der Waals surface area (Å²) in [6, 6.07) is 6.28. The van der Waals surface area contributed by atoms with Gasteiger partial charge in [-0.15, -0.1) is 0 Å². The van der Waals surface area contributed by atoms with Crippen molar-refractivity contribution in [1.29, 1.82) is 0 Å². The SMILES string of the molecule is CC1(C)[C@@H]2CC[C@@]1(C)/C(=N/NC(=O)CCc1ccc(F)cc1)C2. The summed E-state index contributed by atoms with van der Waals surface area (Å²) in [5.41, 5.74) is 5.22.